The van der Waals surface area contributed by atoms with Crippen LogP contribution < -0.4 is 28.3 Å². The highest BCUT2D eigenvalue weighted by atomic mass is 16.2. The van der Waals surface area contributed by atoms with Crippen molar-refractivity contribution in [3.63, 3.8) is 0 Å². The van der Waals surface area contributed by atoms with E-state index in [1.807, 2.05) is 84.9 Å². The van der Waals surface area contributed by atoms with Gasteiger partial charge in [0.2, 0.25) is 11.8 Å². The Labute approximate surface area is 234 Å². The average Bonchev–Trinajstić information content (AvgIpc) is 2.94. The van der Waals surface area contributed by atoms with Crippen LogP contribution in [0.5, 0.6) is 0 Å². The van der Waals surface area contributed by atoms with Gasteiger partial charge in [0.15, 0.2) is 5.96 Å². The number of amides is 4. The molecule has 3 aromatic carbocycles. The average molecular weight is 544 g/mol. The number of hydrogen-bond donors (Lipinski definition) is 5. The molecule has 0 spiro atoms. The number of nitrogens with zero attached hydrogens (tertiary/aromatic N) is 2. The van der Waals surface area contributed by atoms with Crippen molar-refractivity contribution in [2.45, 2.75) is 37.8 Å². The van der Waals surface area contributed by atoms with Gasteiger partial charge in [0.1, 0.15) is 6.04 Å². The van der Waals surface area contributed by atoms with Gasteiger partial charge in [-0.2, -0.15) is 0 Å². The quantitative estimate of drug-likeness (QED) is 0.118. The molecule has 0 aliphatic rings. The van der Waals surface area contributed by atoms with Crippen molar-refractivity contribution in [3.8, 4) is 0 Å². The Kier molecular flexibility index (Phi) is 11.1. The van der Waals surface area contributed by atoms with Crippen LogP contribution >= 0.6 is 0 Å². The number of carbonyl (C=O) groups is 3. The molecular weight excluding hydrogens is 506 g/mol. The molecule has 0 aliphatic heterocycles. The van der Waals surface area contributed by atoms with E-state index in [0.29, 0.717) is 32.4 Å². The summed E-state index contributed by atoms with van der Waals surface area (Å²) in [6, 6.07) is 25.1. The van der Waals surface area contributed by atoms with Crippen LogP contribution in [-0.4, -0.2) is 47.8 Å². The molecule has 0 bridgehead atoms. The Bertz CT molecular complexity index is 1240. The fraction of sp³-hybridized carbons (Fsp3) is 0.267. The highest BCUT2D eigenvalue weighted by molar-refractivity contribution is 5.92. The number of benzene rings is 3. The van der Waals surface area contributed by atoms with Crippen LogP contribution in [0.25, 0.3) is 0 Å². The molecule has 210 valence electrons. The largest absolute Gasteiger partial charge is 0.370 e. The third-order valence-electron chi connectivity index (χ3n) is 6.56. The topological polar surface area (TPSA) is 183 Å². The van der Waals surface area contributed by atoms with Crippen molar-refractivity contribution in [1.29, 1.82) is 0 Å². The summed E-state index contributed by atoms with van der Waals surface area (Å²) in [6.07, 6.45) is 1.27. The number of carbonyl (C=O) groups excluding carboxylic acids is 3. The van der Waals surface area contributed by atoms with E-state index in [9.17, 15) is 14.4 Å². The fourth-order valence-corrected chi connectivity index (χ4v) is 4.56. The lowest BCUT2D eigenvalue weighted by atomic mass is 9.89. The molecule has 40 heavy (non-hydrogen) atoms. The Morgan fingerprint density at radius 1 is 0.775 bits per heavy atom. The molecule has 0 saturated carbocycles. The Morgan fingerprint density at radius 3 is 1.82 bits per heavy atom. The molecule has 0 unspecified atom stereocenters. The summed E-state index contributed by atoms with van der Waals surface area (Å²) in [6.45, 7) is 0.898. The molecule has 10 heteroatoms. The zero-order valence-electron chi connectivity index (χ0n) is 22.4. The Morgan fingerprint density at radius 2 is 1.32 bits per heavy atom. The molecule has 1 atom stereocenters. The zero-order chi connectivity index (χ0) is 28.9. The van der Waals surface area contributed by atoms with Crippen molar-refractivity contribution >= 4 is 23.8 Å². The van der Waals surface area contributed by atoms with E-state index in [0.717, 1.165) is 22.3 Å². The van der Waals surface area contributed by atoms with Crippen molar-refractivity contribution in [2.24, 2.45) is 27.9 Å². The maximum absolute atomic E-state index is 14.4. The minimum absolute atomic E-state index is 0.0359. The molecule has 0 heterocycles. The normalized spacial score (nSPS) is 11.4. The maximum atomic E-state index is 14.4. The molecule has 0 radical (unpaired) electrons. The summed E-state index contributed by atoms with van der Waals surface area (Å²) >= 11 is 0. The van der Waals surface area contributed by atoms with Gasteiger partial charge in [0.25, 0.3) is 0 Å². The lowest BCUT2D eigenvalue weighted by Crippen LogP contribution is -2.50. The van der Waals surface area contributed by atoms with Gasteiger partial charge in [-0.05, 0) is 41.5 Å². The molecular formula is C30H37N7O3. The maximum Gasteiger partial charge on any atom is 0.312 e. The van der Waals surface area contributed by atoms with Crippen LogP contribution in [0.4, 0.5) is 4.79 Å². The predicted molar refractivity (Wildman–Crippen MR) is 156 cm³/mol. The van der Waals surface area contributed by atoms with Crippen LogP contribution in [0.1, 0.15) is 41.0 Å². The van der Waals surface area contributed by atoms with E-state index < -0.39 is 23.9 Å². The first kappa shape index (κ1) is 29.7. The van der Waals surface area contributed by atoms with Crippen LogP contribution in [0.3, 0.4) is 0 Å². The summed E-state index contributed by atoms with van der Waals surface area (Å²) < 4.78 is 0. The Hall–Kier alpha value is -4.86. The number of guanidine groups is 1. The van der Waals surface area contributed by atoms with Gasteiger partial charge in [0, 0.05) is 19.6 Å². The fourth-order valence-electron chi connectivity index (χ4n) is 4.56. The number of aliphatic imine (C=N–C) groups is 1. The van der Waals surface area contributed by atoms with E-state index in [4.69, 9.17) is 22.9 Å². The number of urea groups is 1. The van der Waals surface area contributed by atoms with Gasteiger partial charge in [-0.25, -0.2) is 4.79 Å². The summed E-state index contributed by atoms with van der Waals surface area (Å²) in [5, 5.41) is 2.56. The first-order chi connectivity index (χ1) is 19.3. The second-order valence-corrected chi connectivity index (χ2v) is 9.44. The predicted octanol–water partition coefficient (Wildman–Crippen LogP) is 1.97. The van der Waals surface area contributed by atoms with E-state index in [-0.39, 0.29) is 18.4 Å². The van der Waals surface area contributed by atoms with Crippen molar-refractivity contribution in [1.82, 2.24) is 10.2 Å². The van der Waals surface area contributed by atoms with Crippen molar-refractivity contribution in [3.05, 3.63) is 107 Å². The standard InChI is InChI=1S/C30H37N7O3/c31-27(38)25(12-7-18-35-29(32)33)37(19-17-21-13-15-22(16-14-21)20-36-30(34)40)28(39)26(23-8-3-1-4-9-23)24-10-5-2-6-11-24/h1-6,8-11,13-16,25-26H,7,12,17-20H2,(H2,31,38)(H4,32,33,35)(H3,34,36,40)/t25-/m1/s1. The second-order valence-electron chi connectivity index (χ2n) is 9.44. The van der Waals surface area contributed by atoms with Gasteiger partial charge in [-0.1, -0.05) is 84.9 Å². The molecule has 10 nitrogen and oxygen atoms in total. The number of nitrogens with one attached hydrogen (secondary N) is 1. The SMILES string of the molecule is NC(=O)NCc1ccc(CCN(C(=O)C(c2ccccc2)c2ccccc2)[C@H](CCCN=C(N)N)C(N)=O)cc1. The van der Waals surface area contributed by atoms with Crippen LogP contribution in [0, 0.1) is 0 Å². The minimum Gasteiger partial charge on any atom is -0.370 e. The number of nitrogens with two attached hydrogens (primary N) is 4. The van der Waals surface area contributed by atoms with Crippen LogP contribution in [-0.2, 0) is 22.6 Å². The molecule has 0 aromatic heterocycles. The van der Waals surface area contributed by atoms with E-state index >= 15 is 0 Å². The molecule has 3 rings (SSSR count). The van der Waals surface area contributed by atoms with Gasteiger partial charge < -0.3 is 33.2 Å². The first-order valence-electron chi connectivity index (χ1n) is 13.1. The molecule has 0 saturated heterocycles. The first-order valence-corrected chi connectivity index (χ1v) is 13.1. The zero-order valence-corrected chi connectivity index (χ0v) is 22.4. The third-order valence-corrected chi connectivity index (χ3v) is 6.56. The highest BCUT2D eigenvalue weighted by Crippen LogP contribution is 2.28. The summed E-state index contributed by atoms with van der Waals surface area (Å²) in [5.74, 6) is -1.47. The summed E-state index contributed by atoms with van der Waals surface area (Å²) in [5.41, 5.74) is 25.4. The van der Waals surface area contributed by atoms with Crippen LogP contribution in [0.2, 0.25) is 0 Å². The van der Waals surface area contributed by atoms with Crippen molar-refractivity contribution < 1.29 is 14.4 Å². The number of hydrogen-bond acceptors (Lipinski definition) is 4. The highest BCUT2D eigenvalue weighted by Gasteiger charge is 2.34. The molecule has 9 N–H and O–H groups in total. The molecule has 4 amide bonds. The number of rotatable bonds is 14. The lowest BCUT2D eigenvalue weighted by Gasteiger charge is -2.33. The Balaban J connectivity index is 1.91. The number of primary amides is 2. The van der Waals surface area contributed by atoms with E-state index in [2.05, 4.69) is 10.3 Å². The van der Waals surface area contributed by atoms with Crippen LogP contribution in [0.15, 0.2) is 89.9 Å². The monoisotopic (exact) mass is 543 g/mol. The third kappa shape index (κ3) is 8.87. The second kappa shape index (κ2) is 14.9. The summed E-state index contributed by atoms with van der Waals surface area (Å²) in [7, 11) is 0. The molecule has 0 fully saturated rings. The molecule has 3 aromatic rings. The van der Waals surface area contributed by atoms with E-state index in [1.54, 1.807) is 4.90 Å². The van der Waals surface area contributed by atoms with E-state index in [1.165, 1.54) is 0 Å². The summed E-state index contributed by atoms with van der Waals surface area (Å²) in [4.78, 5) is 43.7. The molecule has 0 aliphatic carbocycles. The van der Waals surface area contributed by atoms with Gasteiger partial charge in [-0.3, -0.25) is 14.6 Å². The smallest absolute Gasteiger partial charge is 0.312 e. The van der Waals surface area contributed by atoms with Gasteiger partial charge in [0.05, 0.1) is 5.92 Å². The van der Waals surface area contributed by atoms with Gasteiger partial charge >= 0.3 is 6.03 Å². The minimum atomic E-state index is -0.851. The van der Waals surface area contributed by atoms with Crippen molar-refractivity contribution in [2.75, 3.05) is 13.1 Å². The lowest BCUT2D eigenvalue weighted by molar-refractivity contribution is -0.140. The van der Waals surface area contributed by atoms with Gasteiger partial charge in [-0.15, -0.1) is 0 Å².